The van der Waals surface area contributed by atoms with Gasteiger partial charge in [0.15, 0.2) is 0 Å². The number of likely N-dealkylation sites (tertiary alicyclic amines) is 1. The van der Waals surface area contributed by atoms with Gasteiger partial charge in [0.05, 0.1) is 18.2 Å². The fourth-order valence-electron chi connectivity index (χ4n) is 4.31. The summed E-state index contributed by atoms with van der Waals surface area (Å²) in [7, 11) is 1.57. The van der Waals surface area contributed by atoms with Crippen molar-refractivity contribution in [3.05, 3.63) is 24.8 Å². The van der Waals surface area contributed by atoms with Crippen molar-refractivity contribution in [3.63, 3.8) is 0 Å². The summed E-state index contributed by atoms with van der Waals surface area (Å²) < 4.78 is 17.2. The first-order chi connectivity index (χ1) is 15.6. The molecule has 8 nitrogen and oxygen atoms in total. The van der Waals surface area contributed by atoms with Gasteiger partial charge in [-0.05, 0) is 67.7 Å². The third-order valence-corrected chi connectivity index (χ3v) is 5.41. The summed E-state index contributed by atoms with van der Waals surface area (Å²) in [6, 6.07) is -2.03. The molecule has 0 aromatic carbocycles. The van der Waals surface area contributed by atoms with E-state index in [9.17, 15) is 14.4 Å². The average Bonchev–Trinajstić information content (AvgIpc) is 3.04. The number of carbonyl (C=O) groups is 3. The lowest BCUT2D eigenvalue weighted by molar-refractivity contribution is -0.160. The van der Waals surface area contributed by atoms with Crippen molar-refractivity contribution in [3.8, 4) is 0 Å². The fraction of sp³-hybridized carbons (Fsp3) is 0.731. The number of hydrogen-bond donors (Lipinski definition) is 1. The van der Waals surface area contributed by atoms with E-state index < -0.39 is 47.5 Å². The van der Waals surface area contributed by atoms with Crippen LogP contribution in [0.5, 0.6) is 0 Å². The molecule has 1 fully saturated rings. The van der Waals surface area contributed by atoms with Crippen molar-refractivity contribution < 1.29 is 28.6 Å². The molecule has 0 aromatic rings. The minimum absolute atomic E-state index is 0.228. The zero-order valence-corrected chi connectivity index (χ0v) is 22.3. The first-order valence-electron chi connectivity index (χ1n) is 11.9. The van der Waals surface area contributed by atoms with E-state index in [1.807, 2.05) is 19.1 Å². The first-order valence-corrected chi connectivity index (χ1v) is 11.9. The van der Waals surface area contributed by atoms with Crippen LogP contribution in [0.4, 0.5) is 4.79 Å². The van der Waals surface area contributed by atoms with Crippen molar-refractivity contribution >= 4 is 18.0 Å². The largest absolute Gasteiger partial charge is 0.458 e. The Hall–Kier alpha value is -2.35. The number of nitrogens with zero attached hydrogens (tertiary/aromatic N) is 1. The summed E-state index contributed by atoms with van der Waals surface area (Å²) in [4.78, 5) is 40.5. The highest BCUT2D eigenvalue weighted by Gasteiger charge is 2.53. The molecule has 1 N–H and O–H groups in total. The molecule has 1 saturated heterocycles. The van der Waals surface area contributed by atoms with Crippen molar-refractivity contribution in [1.29, 1.82) is 0 Å². The number of rotatable bonds is 9. The summed E-state index contributed by atoms with van der Waals surface area (Å²) in [6.45, 7) is 17.8. The maximum atomic E-state index is 13.5. The van der Waals surface area contributed by atoms with Gasteiger partial charge in [-0.15, -0.1) is 6.58 Å². The van der Waals surface area contributed by atoms with Crippen LogP contribution >= 0.6 is 0 Å². The summed E-state index contributed by atoms with van der Waals surface area (Å²) in [5.41, 5.74) is -1.49. The summed E-state index contributed by atoms with van der Waals surface area (Å²) >= 11 is 0. The molecule has 2 amide bonds. The van der Waals surface area contributed by atoms with Crippen LogP contribution < -0.4 is 5.32 Å². The van der Waals surface area contributed by atoms with Crippen molar-refractivity contribution in [2.24, 2.45) is 5.92 Å². The Morgan fingerprint density at radius 1 is 1.12 bits per heavy atom. The second-order valence-corrected chi connectivity index (χ2v) is 10.7. The van der Waals surface area contributed by atoms with Crippen LogP contribution in [0, 0.1) is 5.92 Å². The highest BCUT2D eigenvalue weighted by molar-refractivity contribution is 5.83. The molecule has 8 heteroatoms. The number of amides is 2. The van der Waals surface area contributed by atoms with E-state index in [1.165, 1.54) is 11.8 Å². The average molecular weight is 481 g/mol. The molecule has 1 rings (SSSR count). The lowest BCUT2D eigenvalue weighted by Crippen LogP contribution is -2.60. The maximum absolute atomic E-state index is 13.5. The zero-order chi connectivity index (χ0) is 26.3. The number of esters is 1. The van der Waals surface area contributed by atoms with Gasteiger partial charge in [0, 0.05) is 20.0 Å². The third kappa shape index (κ3) is 8.78. The van der Waals surface area contributed by atoms with Crippen LogP contribution in [0.2, 0.25) is 0 Å². The second kappa shape index (κ2) is 12.4. The Bertz CT molecular complexity index is 749. The van der Waals surface area contributed by atoms with E-state index >= 15 is 0 Å². The number of ether oxygens (including phenoxy) is 3. The molecule has 0 saturated carbocycles. The predicted octanol–water partition coefficient (Wildman–Crippen LogP) is 4.38. The Balaban J connectivity index is 3.62. The Morgan fingerprint density at radius 2 is 1.71 bits per heavy atom. The highest BCUT2D eigenvalue weighted by atomic mass is 16.6. The molecule has 0 radical (unpaired) electrons. The molecule has 194 valence electrons. The smallest absolute Gasteiger partial charge is 0.411 e. The number of carbonyl (C=O) groups excluding carboxylic acids is 3. The van der Waals surface area contributed by atoms with Crippen LogP contribution in [0.15, 0.2) is 24.8 Å². The molecule has 0 aliphatic carbocycles. The van der Waals surface area contributed by atoms with Gasteiger partial charge in [0.1, 0.15) is 17.2 Å². The third-order valence-electron chi connectivity index (χ3n) is 5.41. The maximum Gasteiger partial charge on any atom is 0.411 e. The quantitative estimate of drug-likeness (QED) is 0.389. The molecule has 1 heterocycles. The summed E-state index contributed by atoms with van der Waals surface area (Å²) in [6.07, 6.45) is 6.18. The van der Waals surface area contributed by atoms with Crippen molar-refractivity contribution in [2.45, 2.75) is 110 Å². The molecule has 0 unspecified atom stereocenters. The molecular weight excluding hydrogens is 436 g/mol. The van der Waals surface area contributed by atoms with Crippen LogP contribution in [0.25, 0.3) is 0 Å². The van der Waals surface area contributed by atoms with Gasteiger partial charge in [-0.2, -0.15) is 0 Å². The van der Waals surface area contributed by atoms with Crippen LogP contribution in [0.3, 0.4) is 0 Å². The molecule has 34 heavy (non-hydrogen) atoms. The number of methoxy groups -OCH3 is 1. The van der Waals surface area contributed by atoms with Gasteiger partial charge in [-0.25, -0.2) is 9.59 Å². The monoisotopic (exact) mass is 480 g/mol. The number of nitrogens with one attached hydrogen (secondary N) is 1. The van der Waals surface area contributed by atoms with E-state index in [1.54, 1.807) is 54.7 Å². The van der Waals surface area contributed by atoms with Crippen LogP contribution in [-0.4, -0.2) is 65.4 Å². The van der Waals surface area contributed by atoms with Gasteiger partial charge < -0.3 is 19.5 Å². The van der Waals surface area contributed by atoms with Gasteiger partial charge in [-0.3, -0.25) is 9.69 Å². The number of hydrogen-bond acceptors (Lipinski definition) is 6. The SMILES string of the molecule is C=CCC[C@H](OC)[C@H](NC(C)=O)[C@H]1[C@H](C=CC)C[C@@H](C(=O)OC(C)(C)C)N1C(=O)OC(C)(C)C. The van der Waals surface area contributed by atoms with Gasteiger partial charge in [-0.1, -0.05) is 18.2 Å². The van der Waals surface area contributed by atoms with E-state index in [2.05, 4.69) is 11.9 Å². The highest BCUT2D eigenvalue weighted by Crippen LogP contribution is 2.37. The zero-order valence-electron chi connectivity index (χ0n) is 22.3. The molecule has 5 atom stereocenters. The predicted molar refractivity (Wildman–Crippen MR) is 132 cm³/mol. The fourth-order valence-corrected chi connectivity index (χ4v) is 4.31. The topological polar surface area (TPSA) is 94.2 Å². The van der Waals surface area contributed by atoms with E-state index in [0.717, 1.165) is 0 Å². The van der Waals surface area contributed by atoms with E-state index in [4.69, 9.17) is 14.2 Å². The van der Waals surface area contributed by atoms with Gasteiger partial charge in [0.2, 0.25) is 5.91 Å². The lowest BCUT2D eigenvalue weighted by Gasteiger charge is -2.40. The van der Waals surface area contributed by atoms with E-state index in [0.29, 0.717) is 19.3 Å². The minimum atomic E-state index is -0.867. The van der Waals surface area contributed by atoms with Gasteiger partial charge in [0.25, 0.3) is 0 Å². The van der Waals surface area contributed by atoms with Crippen LogP contribution in [0.1, 0.15) is 74.7 Å². The summed E-state index contributed by atoms with van der Waals surface area (Å²) in [5, 5.41) is 2.99. The molecule has 1 aliphatic heterocycles. The van der Waals surface area contributed by atoms with Gasteiger partial charge >= 0.3 is 12.1 Å². The van der Waals surface area contributed by atoms with Crippen molar-refractivity contribution in [1.82, 2.24) is 10.2 Å². The Kier molecular flexibility index (Phi) is 10.8. The van der Waals surface area contributed by atoms with Crippen LogP contribution in [-0.2, 0) is 23.8 Å². The Morgan fingerprint density at radius 3 is 2.15 bits per heavy atom. The lowest BCUT2D eigenvalue weighted by atomic mass is 9.88. The number of allylic oxidation sites excluding steroid dienone is 2. The normalized spacial score (nSPS) is 22.9. The summed E-state index contributed by atoms with van der Waals surface area (Å²) in [5.74, 6) is -0.986. The first kappa shape index (κ1) is 29.7. The standard InChI is InChI=1S/C26H44N2O6/c1-11-13-15-20(32-10)21(27-17(3)29)22-18(14-12-2)16-19(23(30)33-25(4,5)6)28(22)24(31)34-26(7,8)9/h11-12,14,18-22H,1,13,15-16H2,2-10H3,(H,27,29)/t18-,19+,20+,21+,22-/m1/s1. The molecular formula is C26H44N2O6. The van der Waals surface area contributed by atoms with Crippen molar-refractivity contribution in [2.75, 3.05) is 7.11 Å². The van der Waals surface area contributed by atoms with E-state index in [-0.39, 0.29) is 11.8 Å². The minimum Gasteiger partial charge on any atom is -0.458 e. The molecule has 0 aromatic heterocycles. The molecule has 1 aliphatic rings. The second-order valence-electron chi connectivity index (χ2n) is 10.7. The Labute approximate surface area is 205 Å². The molecule has 0 spiro atoms. The molecule has 0 bridgehead atoms.